The van der Waals surface area contributed by atoms with Crippen LogP contribution < -0.4 is 19.5 Å². The van der Waals surface area contributed by atoms with Crippen LogP contribution in [0.5, 0.6) is 17.2 Å². The van der Waals surface area contributed by atoms with E-state index in [4.69, 9.17) is 25.8 Å². The zero-order valence-electron chi connectivity index (χ0n) is 21.4. The number of aromatic nitrogens is 1. The van der Waals surface area contributed by atoms with E-state index in [0.29, 0.717) is 39.4 Å². The molecule has 204 valence electrons. The number of fused-ring (bicyclic) bond motifs is 4. The molecule has 2 N–H and O–H groups in total. The summed E-state index contributed by atoms with van der Waals surface area (Å²) in [7, 11) is 0.774. The smallest absolute Gasteiger partial charge is 0.279 e. The molecular weight excluding hydrogens is 550 g/mol. The molecule has 13 heteroatoms. The van der Waals surface area contributed by atoms with Crippen LogP contribution in [0.25, 0.3) is 21.7 Å². The molecule has 0 aliphatic carbocycles. The Bertz CT molecular complexity index is 1800. The highest BCUT2D eigenvalue weighted by molar-refractivity contribution is 7.90. The number of hydrogen-bond acceptors (Lipinski definition) is 9. The van der Waals surface area contributed by atoms with Crippen LogP contribution >= 0.6 is 11.6 Å². The largest absolute Gasteiger partial charge is 0.493 e. The van der Waals surface area contributed by atoms with Gasteiger partial charge in [0.25, 0.3) is 5.69 Å². The molecule has 0 fully saturated rings. The van der Waals surface area contributed by atoms with Gasteiger partial charge in [0.1, 0.15) is 0 Å². The van der Waals surface area contributed by atoms with Gasteiger partial charge in [-0.3, -0.25) is 14.9 Å². The molecule has 1 aromatic heterocycles. The highest BCUT2D eigenvalue weighted by Gasteiger charge is 2.48. The highest BCUT2D eigenvalue weighted by atomic mass is 35.5. The lowest BCUT2D eigenvalue weighted by molar-refractivity contribution is -0.383. The Balaban J connectivity index is 1.78. The molecule has 0 saturated heterocycles. The molecule has 11 nitrogen and oxygen atoms in total. The number of H-pyrrole nitrogens is 1. The van der Waals surface area contributed by atoms with Crippen LogP contribution in [0.3, 0.4) is 0 Å². The van der Waals surface area contributed by atoms with E-state index in [2.05, 4.69) is 10.3 Å². The fourth-order valence-corrected chi connectivity index (χ4v) is 6.25. The quantitative estimate of drug-likeness (QED) is 0.135. The number of carbonyl (C=O) groups is 1. The summed E-state index contributed by atoms with van der Waals surface area (Å²) in [5, 5.41) is 16.1. The second-order valence-corrected chi connectivity index (χ2v) is 11.5. The lowest BCUT2D eigenvalue weighted by Crippen LogP contribution is -2.40. The van der Waals surface area contributed by atoms with Gasteiger partial charge < -0.3 is 24.5 Å². The number of nitro groups is 1. The second kappa shape index (κ2) is 9.31. The summed E-state index contributed by atoms with van der Waals surface area (Å²) in [4.78, 5) is 28.7. The van der Waals surface area contributed by atoms with Crippen LogP contribution in [-0.2, 0) is 15.3 Å². The number of methoxy groups -OCH3 is 3. The van der Waals surface area contributed by atoms with Gasteiger partial charge in [0.2, 0.25) is 5.75 Å². The van der Waals surface area contributed by atoms with Crippen molar-refractivity contribution in [3.63, 3.8) is 0 Å². The zero-order valence-corrected chi connectivity index (χ0v) is 23.0. The number of alkyl halides is 1. The lowest BCUT2D eigenvalue weighted by atomic mass is 9.76. The maximum atomic E-state index is 14.3. The van der Waals surface area contributed by atoms with E-state index < -0.39 is 20.2 Å². The number of nitrogens with one attached hydrogen (secondary N) is 2. The van der Waals surface area contributed by atoms with Crippen molar-refractivity contribution >= 4 is 60.3 Å². The highest BCUT2D eigenvalue weighted by Crippen LogP contribution is 2.49. The minimum absolute atomic E-state index is 0.0324. The van der Waals surface area contributed by atoms with Crippen LogP contribution in [0, 0.1) is 10.1 Å². The number of nitro benzene ring substituents is 1. The number of aromatic amines is 1. The standard InChI is InChI=1S/C26H24ClN3O8S/c1-36-20-8-13-7-18(29-22(13)24(38-3)23(20)37-2)25(31)26(11-27)12-28-17-10-19(30(32)33)15-6-5-14(39(4,34)35)9-16(15)21(17)26/h5-10,28-29H,11-12H2,1-4H3. The molecule has 2 heterocycles. The molecular formula is C26H24ClN3O8S. The molecule has 1 atom stereocenters. The fourth-order valence-electron chi connectivity index (χ4n) is 5.25. The average molecular weight is 574 g/mol. The van der Waals surface area contributed by atoms with E-state index in [0.717, 1.165) is 6.26 Å². The molecule has 0 spiro atoms. The number of ether oxygens (including phenoxy) is 3. The third-order valence-electron chi connectivity index (χ3n) is 7.10. The van der Waals surface area contributed by atoms with Gasteiger partial charge in [0.05, 0.1) is 53.2 Å². The molecule has 4 aromatic rings. The van der Waals surface area contributed by atoms with E-state index in [9.17, 15) is 23.3 Å². The number of carbonyl (C=O) groups excluding carboxylic acids is 1. The number of halogens is 1. The van der Waals surface area contributed by atoms with E-state index >= 15 is 0 Å². The van der Waals surface area contributed by atoms with Gasteiger partial charge in [-0.15, -0.1) is 11.6 Å². The molecule has 1 unspecified atom stereocenters. The summed E-state index contributed by atoms with van der Waals surface area (Å²) in [5.41, 5.74) is -0.145. The molecule has 39 heavy (non-hydrogen) atoms. The van der Waals surface area contributed by atoms with E-state index in [1.54, 1.807) is 12.1 Å². The molecule has 5 rings (SSSR count). The van der Waals surface area contributed by atoms with E-state index in [1.165, 1.54) is 45.6 Å². The molecule has 1 aliphatic rings. The van der Waals surface area contributed by atoms with Crippen molar-refractivity contribution < 1.29 is 32.3 Å². The van der Waals surface area contributed by atoms with Gasteiger partial charge in [-0.2, -0.15) is 0 Å². The number of benzene rings is 3. The third kappa shape index (κ3) is 3.93. The predicted octanol–water partition coefficient (Wildman–Crippen LogP) is 4.44. The second-order valence-electron chi connectivity index (χ2n) is 9.25. The Kier molecular flexibility index (Phi) is 6.34. The number of rotatable bonds is 8. The van der Waals surface area contributed by atoms with Crippen LogP contribution in [0.4, 0.5) is 11.4 Å². The molecule has 0 amide bonds. The number of sulfone groups is 1. The molecule has 0 radical (unpaired) electrons. The van der Waals surface area contributed by atoms with E-state index in [-0.39, 0.29) is 45.3 Å². The fraction of sp³-hybridized carbons (Fsp3) is 0.269. The van der Waals surface area contributed by atoms with E-state index in [1.807, 2.05) is 0 Å². The van der Waals surface area contributed by atoms with Gasteiger partial charge in [-0.25, -0.2) is 8.42 Å². The Labute approximate surface area is 228 Å². The molecule has 0 saturated carbocycles. The van der Waals surface area contributed by atoms with Crippen LogP contribution in [0.15, 0.2) is 41.3 Å². The first-order chi connectivity index (χ1) is 18.5. The minimum atomic E-state index is -3.65. The van der Waals surface area contributed by atoms with Gasteiger partial charge in [0, 0.05) is 41.4 Å². The van der Waals surface area contributed by atoms with Crippen LogP contribution in [0.2, 0.25) is 0 Å². The lowest BCUT2D eigenvalue weighted by Gasteiger charge is -2.26. The zero-order chi connectivity index (χ0) is 28.3. The summed E-state index contributed by atoms with van der Waals surface area (Å²) in [6.07, 6.45) is 1.05. The molecule has 3 aromatic carbocycles. The van der Waals surface area contributed by atoms with Gasteiger partial charge >= 0.3 is 0 Å². The molecule has 0 bridgehead atoms. The predicted molar refractivity (Wildman–Crippen MR) is 147 cm³/mol. The Morgan fingerprint density at radius 2 is 1.79 bits per heavy atom. The van der Waals surface area contributed by atoms with Crippen LogP contribution in [0.1, 0.15) is 16.1 Å². The summed E-state index contributed by atoms with van der Waals surface area (Å²) < 4.78 is 41.2. The summed E-state index contributed by atoms with van der Waals surface area (Å²) in [5.74, 6) is 0.529. The van der Waals surface area contributed by atoms with Crippen molar-refractivity contribution in [3.8, 4) is 17.2 Å². The maximum Gasteiger partial charge on any atom is 0.279 e. The van der Waals surface area contributed by atoms with Gasteiger partial charge in [-0.05, 0) is 35.7 Å². The topological polar surface area (TPSA) is 150 Å². The minimum Gasteiger partial charge on any atom is -0.493 e. The summed E-state index contributed by atoms with van der Waals surface area (Å²) in [6.45, 7) is 0.0448. The van der Waals surface area contributed by atoms with Crippen molar-refractivity contribution in [1.82, 2.24) is 4.98 Å². The van der Waals surface area contributed by atoms with Crippen molar-refractivity contribution in [3.05, 3.63) is 57.8 Å². The van der Waals surface area contributed by atoms with Gasteiger partial charge in [0.15, 0.2) is 27.1 Å². The van der Waals surface area contributed by atoms with Crippen molar-refractivity contribution in [2.24, 2.45) is 0 Å². The number of Topliss-reactive ketones (excluding diaryl/α,β-unsaturated/α-hetero) is 1. The first-order valence-corrected chi connectivity index (χ1v) is 14.0. The maximum absolute atomic E-state index is 14.3. The Morgan fingerprint density at radius 3 is 2.38 bits per heavy atom. The molecule has 1 aliphatic heterocycles. The first kappa shape index (κ1) is 26.6. The summed E-state index contributed by atoms with van der Waals surface area (Å²) >= 11 is 6.53. The average Bonchev–Trinajstić information content (AvgIpc) is 3.52. The number of ketones is 1. The van der Waals surface area contributed by atoms with Crippen LogP contribution in [-0.4, -0.2) is 64.1 Å². The number of anilines is 1. The monoisotopic (exact) mass is 573 g/mol. The SMILES string of the molecule is COc1cc2cc(C(=O)C3(CCl)CNc4cc([N+](=O)[O-])c5ccc(S(C)(=O)=O)cc5c43)[nH]c2c(OC)c1OC. The normalized spacial score (nSPS) is 16.6. The summed E-state index contributed by atoms with van der Waals surface area (Å²) in [6, 6.07) is 8.76. The Hall–Kier alpha value is -4.03. The van der Waals surface area contributed by atoms with Crippen molar-refractivity contribution in [2.75, 3.05) is 45.3 Å². The van der Waals surface area contributed by atoms with Crippen molar-refractivity contribution in [2.45, 2.75) is 10.3 Å². The third-order valence-corrected chi connectivity index (χ3v) is 8.66. The first-order valence-electron chi connectivity index (χ1n) is 11.6. The number of non-ortho nitro benzene ring substituents is 1. The number of nitrogens with zero attached hydrogens (tertiary/aromatic N) is 1. The van der Waals surface area contributed by atoms with Crippen molar-refractivity contribution in [1.29, 1.82) is 0 Å². The number of hydrogen-bond donors (Lipinski definition) is 2. The van der Waals surface area contributed by atoms with Gasteiger partial charge in [-0.1, -0.05) is 0 Å². The Morgan fingerprint density at radius 1 is 1.08 bits per heavy atom.